The number of hydrogen-bond acceptors (Lipinski definition) is 6. The van der Waals surface area contributed by atoms with Crippen LogP contribution in [0, 0.1) is 0 Å². The molecule has 42 heavy (non-hydrogen) atoms. The molecule has 0 unspecified atom stereocenters. The van der Waals surface area contributed by atoms with E-state index in [1.54, 1.807) is 0 Å². The van der Waals surface area contributed by atoms with Gasteiger partial charge in [-0.25, -0.2) is 4.98 Å². The van der Waals surface area contributed by atoms with Gasteiger partial charge in [-0.1, -0.05) is 75.2 Å². The number of aromatic nitrogens is 2. The lowest BCUT2D eigenvalue weighted by atomic mass is 10.1. The van der Waals surface area contributed by atoms with Crippen LogP contribution in [0.4, 0.5) is 0 Å². The first-order valence-electron chi connectivity index (χ1n) is 15.0. The molecule has 218 valence electrons. The Morgan fingerprint density at radius 1 is 0.762 bits per heavy atom. The fourth-order valence-corrected chi connectivity index (χ4v) is 5.51. The second kappa shape index (κ2) is 13.2. The minimum atomic E-state index is 0.270. The van der Waals surface area contributed by atoms with Crippen molar-refractivity contribution in [3.63, 3.8) is 0 Å². The highest BCUT2D eigenvalue weighted by molar-refractivity contribution is 5.61. The first kappa shape index (κ1) is 27.9. The van der Waals surface area contributed by atoms with E-state index in [1.807, 2.05) is 12.1 Å². The van der Waals surface area contributed by atoms with Gasteiger partial charge in [-0.15, -0.1) is 0 Å². The SMILES string of the molecule is CCC/C=C\c1nc(-c2ccccc2)n(CCCC)c1CN(Cc1ccc2c(c1)OCO2)Cc1ccc2c(c1)OCO2. The number of rotatable bonds is 13. The molecule has 7 heteroatoms. The third-order valence-electron chi connectivity index (χ3n) is 7.66. The van der Waals surface area contributed by atoms with Gasteiger partial charge in [-0.05, 0) is 54.3 Å². The number of hydrogen-bond donors (Lipinski definition) is 0. The van der Waals surface area contributed by atoms with Crippen molar-refractivity contribution in [2.75, 3.05) is 13.6 Å². The zero-order valence-electron chi connectivity index (χ0n) is 24.6. The fraction of sp³-hybridized carbons (Fsp3) is 0.343. The summed E-state index contributed by atoms with van der Waals surface area (Å²) in [5, 5.41) is 0. The summed E-state index contributed by atoms with van der Waals surface area (Å²) in [4.78, 5) is 7.72. The normalized spacial score (nSPS) is 13.5. The highest BCUT2D eigenvalue weighted by atomic mass is 16.7. The molecule has 0 N–H and O–H groups in total. The summed E-state index contributed by atoms with van der Waals surface area (Å²) < 4.78 is 25.0. The van der Waals surface area contributed by atoms with Crippen LogP contribution in [0.15, 0.2) is 72.8 Å². The summed E-state index contributed by atoms with van der Waals surface area (Å²) in [5.74, 6) is 4.24. The maximum Gasteiger partial charge on any atom is 0.231 e. The van der Waals surface area contributed by atoms with Gasteiger partial charge < -0.3 is 23.5 Å². The van der Waals surface area contributed by atoms with Crippen LogP contribution in [0.25, 0.3) is 17.5 Å². The van der Waals surface area contributed by atoms with E-state index in [1.165, 1.54) is 16.8 Å². The minimum Gasteiger partial charge on any atom is -0.454 e. The molecule has 6 rings (SSSR count). The number of nitrogens with zero attached hydrogens (tertiary/aromatic N) is 3. The van der Waals surface area contributed by atoms with Crippen LogP contribution >= 0.6 is 0 Å². The van der Waals surface area contributed by atoms with Gasteiger partial charge in [0.05, 0.1) is 11.4 Å². The number of imidazole rings is 1. The predicted molar refractivity (Wildman–Crippen MR) is 165 cm³/mol. The second-order valence-electron chi connectivity index (χ2n) is 10.8. The van der Waals surface area contributed by atoms with Gasteiger partial charge in [0.1, 0.15) is 5.82 Å². The van der Waals surface area contributed by atoms with E-state index in [0.29, 0.717) is 0 Å². The monoisotopic (exact) mass is 565 g/mol. The third kappa shape index (κ3) is 6.31. The maximum atomic E-state index is 5.70. The Labute approximate surface area is 248 Å². The van der Waals surface area contributed by atoms with Gasteiger partial charge in [0, 0.05) is 31.7 Å². The smallest absolute Gasteiger partial charge is 0.231 e. The van der Waals surface area contributed by atoms with Crippen LogP contribution in [0.2, 0.25) is 0 Å². The van der Waals surface area contributed by atoms with E-state index in [0.717, 1.165) is 91.9 Å². The Bertz CT molecular complexity index is 1470. The summed E-state index contributed by atoms with van der Waals surface area (Å²) >= 11 is 0. The molecule has 3 heterocycles. The molecule has 2 aliphatic rings. The standard InChI is InChI=1S/C35H39N3O4/c1-3-5-8-13-29-30(38(18-6-4-2)35(36-29)28-11-9-7-10-12-28)23-37(21-26-14-16-31-33(19-26)41-24-39-31)22-27-15-17-32-34(20-27)42-25-40-32/h7-17,19-20H,3-6,18,21-25H2,1-2H3/b13-8-. The molecular weight excluding hydrogens is 526 g/mol. The van der Waals surface area contributed by atoms with Crippen molar-refractivity contribution in [1.29, 1.82) is 0 Å². The predicted octanol–water partition coefficient (Wildman–Crippen LogP) is 7.82. The van der Waals surface area contributed by atoms with Crippen LogP contribution in [0.5, 0.6) is 23.0 Å². The highest BCUT2D eigenvalue weighted by Crippen LogP contribution is 2.35. The minimum absolute atomic E-state index is 0.270. The van der Waals surface area contributed by atoms with Crippen LogP contribution < -0.4 is 18.9 Å². The molecule has 1 aromatic heterocycles. The summed E-state index contributed by atoms with van der Waals surface area (Å²) in [6.45, 7) is 8.12. The van der Waals surface area contributed by atoms with E-state index >= 15 is 0 Å². The Morgan fingerprint density at radius 2 is 1.40 bits per heavy atom. The largest absolute Gasteiger partial charge is 0.454 e. The molecule has 0 bridgehead atoms. The molecule has 2 aliphatic heterocycles. The third-order valence-corrected chi connectivity index (χ3v) is 7.66. The average molecular weight is 566 g/mol. The van der Waals surface area contributed by atoms with Crippen molar-refractivity contribution in [2.45, 2.75) is 65.7 Å². The topological polar surface area (TPSA) is 58.0 Å². The molecule has 0 aliphatic carbocycles. The van der Waals surface area contributed by atoms with Crippen molar-refractivity contribution in [1.82, 2.24) is 14.5 Å². The van der Waals surface area contributed by atoms with Crippen LogP contribution in [-0.4, -0.2) is 28.0 Å². The van der Waals surface area contributed by atoms with E-state index in [4.69, 9.17) is 23.9 Å². The first-order chi connectivity index (χ1) is 20.7. The molecule has 4 aromatic rings. The van der Waals surface area contributed by atoms with Crippen molar-refractivity contribution < 1.29 is 18.9 Å². The molecule has 3 aromatic carbocycles. The van der Waals surface area contributed by atoms with Gasteiger partial charge in [-0.2, -0.15) is 0 Å². The summed E-state index contributed by atoms with van der Waals surface area (Å²) in [7, 11) is 0. The van der Waals surface area contributed by atoms with Crippen molar-refractivity contribution in [3.8, 4) is 34.4 Å². The highest BCUT2D eigenvalue weighted by Gasteiger charge is 2.22. The molecule has 0 saturated carbocycles. The fourth-order valence-electron chi connectivity index (χ4n) is 5.51. The Kier molecular flexibility index (Phi) is 8.75. The van der Waals surface area contributed by atoms with Crippen molar-refractivity contribution in [3.05, 3.63) is 95.3 Å². The van der Waals surface area contributed by atoms with Crippen LogP contribution in [0.1, 0.15) is 62.0 Å². The van der Waals surface area contributed by atoms with Crippen molar-refractivity contribution >= 4 is 6.08 Å². The number of allylic oxidation sites excluding steroid dienone is 1. The van der Waals surface area contributed by atoms with E-state index in [2.05, 4.69) is 90.1 Å². The van der Waals surface area contributed by atoms with Gasteiger partial charge >= 0.3 is 0 Å². The average Bonchev–Trinajstić information content (AvgIpc) is 3.75. The van der Waals surface area contributed by atoms with Gasteiger partial charge in [0.2, 0.25) is 13.6 Å². The summed E-state index contributed by atoms with van der Waals surface area (Å²) in [6.07, 6.45) is 8.81. The van der Waals surface area contributed by atoms with Gasteiger partial charge in [-0.3, -0.25) is 4.90 Å². The summed E-state index contributed by atoms with van der Waals surface area (Å²) in [6, 6.07) is 23.0. The molecule has 7 nitrogen and oxygen atoms in total. The molecule has 0 fully saturated rings. The number of unbranched alkanes of at least 4 members (excludes halogenated alkanes) is 2. The lowest BCUT2D eigenvalue weighted by Gasteiger charge is -2.24. The summed E-state index contributed by atoms with van der Waals surface area (Å²) in [5.41, 5.74) is 5.76. The van der Waals surface area contributed by atoms with E-state index in [9.17, 15) is 0 Å². The quantitative estimate of drug-likeness (QED) is 0.165. The van der Waals surface area contributed by atoms with Crippen LogP contribution in [-0.2, 0) is 26.2 Å². The number of ether oxygens (including phenoxy) is 4. The first-order valence-corrected chi connectivity index (χ1v) is 15.0. The zero-order valence-corrected chi connectivity index (χ0v) is 24.6. The lowest BCUT2D eigenvalue weighted by Crippen LogP contribution is -2.24. The molecule has 0 spiro atoms. The van der Waals surface area contributed by atoms with Gasteiger partial charge in [0.25, 0.3) is 0 Å². The molecule has 0 saturated heterocycles. The number of fused-ring (bicyclic) bond motifs is 2. The zero-order chi connectivity index (χ0) is 28.7. The Morgan fingerprint density at radius 3 is 2.02 bits per heavy atom. The molecular formula is C35H39N3O4. The van der Waals surface area contributed by atoms with E-state index < -0.39 is 0 Å². The van der Waals surface area contributed by atoms with E-state index in [-0.39, 0.29) is 13.6 Å². The Hall–Kier alpha value is -4.23. The Balaban J connectivity index is 1.39. The van der Waals surface area contributed by atoms with Crippen molar-refractivity contribution in [2.24, 2.45) is 0 Å². The second-order valence-corrected chi connectivity index (χ2v) is 10.8. The van der Waals surface area contributed by atoms with Gasteiger partial charge in [0.15, 0.2) is 23.0 Å². The molecule has 0 radical (unpaired) electrons. The number of benzene rings is 3. The maximum absolute atomic E-state index is 5.70. The molecule has 0 atom stereocenters. The molecule has 0 amide bonds. The lowest BCUT2D eigenvalue weighted by molar-refractivity contribution is 0.173. The van der Waals surface area contributed by atoms with Crippen LogP contribution in [0.3, 0.4) is 0 Å².